The van der Waals surface area contributed by atoms with Gasteiger partial charge in [-0.3, -0.25) is 9.88 Å². The maximum absolute atomic E-state index is 5.97. The Balaban J connectivity index is 2.17. The highest BCUT2D eigenvalue weighted by Gasteiger charge is 2.26. The van der Waals surface area contributed by atoms with Crippen molar-refractivity contribution >= 4 is 0 Å². The SMILES string of the molecule is Cc1ccc(C(CN)N2CCCCC2C)cn1. The van der Waals surface area contributed by atoms with Crippen molar-refractivity contribution in [1.82, 2.24) is 9.88 Å². The third kappa shape index (κ3) is 2.85. The second-order valence-electron chi connectivity index (χ2n) is 5.07. The normalized spacial score (nSPS) is 23.6. The summed E-state index contributed by atoms with van der Waals surface area (Å²) in [6, 6.07) is 5.21. The van der Waals surface area contributed by atoms with E-state index in [4.69, 9.17) is 5.73 Å². The fraction of sp³-hybridized carbons (Fsp3) is 0.643. The Kier molecular flexibility index (Phi) is 4.13. The summed E-state index contributed by atoms with van der Waals surface area (Å²) in [6.45, 7) is 6.17. The first kappa shape index (κ1) is 12.5. The van der Waals surface area contributed by atoms with E-state index in [1.807, 2.05) is 13.1 Å². The molecule has 94 valence electrons. The molecule has 17 heavy (non-hydrogen) atoms. The maximum atomic E-state index is 5.97. The lowest BCUT2D eigenvalue weighted by Crippen LogP contribution is -2.43. The van der Waals surface area contributed by atoms with Crippen molar-refractivity contribution in [1.29, 1.82) is 0 Å². The first-order valence-corrected chi connectivity index (χ1v) is 6.60. The van der Waals surface area contributed by atoms with E-state index in [0.717, 1.165) is 12.2 Å². The van der Waals surface area contributed by atoms with Gasteiger partial charge in [0, 0.05) is 30.5 Å². The van der Waals surface area contributed by atoms with Gasteiger partial charge in [0.15, 0.2) is 0 Å². The van der Waals surface area contributed by atoms with Crippen LogP contribution in [-0.4, -0.2) is 29.0 Å². The maximum Gasteiger partial charge on any atom is 0.0488 e. The van der Waals surface area contributed by atoms with Gasteiger partial charge in [-0.25, -0.2) is 0 Å². The average molecular weight is 233 g/mol. The zero-order valence-corrected chi connectivity index (χ0v) is 10.9. The van der Waals surface area contributed by atoms with Crippen LogP contribution >= 0.6 is 0 Å². The van der Waals surface area contributed by atoms with Crippen LogP contribution in [0.5, 0.6) is 0 Å². The van der Waals surface area contributed by atoms with E-state index in [9.17, 15) is 0 Å². The Bertz CT molecular complexity index is 347. The zero-order valence-electron chi connectivity index (χ0n) is 10.9. The first-order valence-electron chi connectivity index (χ1n) is 6.60. The van der Waals surface area contributed by atoms with E-state index in [1.54, 1.807) is 0 Å². The number of aryl methyl sites for hydroxylation is 1. The Labute approximate surface area is 104 Å². The Morgan fingerprint density at radius 2 is 2.29 bits per heavy atom. The monoisotopic (exact) mass is 233 g/mol. The molecule has 0 saturated carbocycles. The standard InChI is InChI=1S/C14H23N3/c1-11-6-7-13(10-16-11)14(9-15)17-8-4-3-5-12(17)2/h6-7,10,12,14H,3-5,8-9,15H2,1-2H3. The molecule has 1 fully saturated rings. The van der Waals surface area contributed by atoms with E-state index >= 15 is 0 Å². The van der Waals surface area contributed by atoms with Crippen LogP contribution in [0.1, 0.15) is 43.5 Å². The fourth-order valence-electron chi connectivity index (χ4n) is 2.72. The first-order chi connectivity index (χ1) is 8.22. The van der Waals surface area contributed by atoms with Crippen LogP contribution in [0, 0.1) is 6.92 Å². The number of likely N-dealkylation sites (tertiary alicyclic amines) is 1. The smallest absolute Gasteiger partial charge is 0.0488 e. The summed E-state index contributed by atoms with van der Waals surface area (Å²) in [5.41, 5.74) is 8.29. The number of nitrogens with two attached hydrogens (primary N) is 1. The number of nitrogens with zero attached hydrogens (tertiary/aromatic N) is 2. The van der Waals surface area contributed by atoms with E-state index in [-0.39, 0.29) is 0 Å². The van der Waals surface area contributed by atoms with Gasteiger partial charge >= 0.3 is 0 Å². The van der Waals surface area contributed by atoms with Gasteiger partial charge in [0.2, 0.25) is 0 Å². The van der Waals surface area contributed by atoms with Crippen LogP contribution < -0.4 is 5.73 Å². The molecule has 3 heteroatoms. The van der Waals surface area contributed by atoms with Crippen molar-refractivity contribution in [2.75, 3.05) is 13.1 Å². The number of pyridine rings is 1. The largest absolute Gasteiger partial charge is 0.329 e. The number of hydrogen-bond donors (Lipinski definition) is 1. The molecule has 0 amide bonds. The molecule has 2 unspecified atom stereocenters. The van der Waals surface area contributed by atoms with Gasteiger partial charge in [0.05, 0.1) is 0 Å². The quantitative estimate of drug-likeness (QED) is 0.870. The molecule has 2 atom stereocenters. The molecule has 2 N–H and O–H groups in total. The fourth-order valence-corrected chi connectivity index (χ4v) is 2.72. The van der Waals surface area contributed by atoms with Crippen molar-refractivity contribution in [3.8, 4) is 0 Å². The molecule has 0 spiro atoms. The van der Waals surface area contributed by atoms with Crippen LogP contribution in [0.25, 0.3) is 0 Å². The Morgan fingerprint density at radius 3 is 2.88 bits per heavy atom. The predicted molar refractivity (Wildman–Crippen MR) is 70.8 cm³/mol. The van der Waals surface area contributed by atoms with Gasteiger partial charge in [-0.15, -0.1) is 0 Å². The van der Waals surface area contributed by atoms with E-state index in [0.29, 0.717) is 18.6 Å². The molecule has 2 heterocycles. The minimum Gasteiger partial charge on any atom is -0.329 e. The molecule has 2 rings (SSSR count). The molecule has 0 bridgehead atoms. The van der Waals surface area contributed by atoms with Crippen molar-refractivity contribution in [2.24, 2.45) is 5.73 Å². The Morgan fingerprint density at radius 1 is 1.47 bits per heavy atom. The van der Waals surface area contributed by atoms with Gasteiger partial charge < -0.3 is 5.73 Å². The molecule has 1 aromatic heterocycles. The van der Waals surface area contributed by atoms with Crippen LogP contribution in [-0.2, 0) is 0 Å². The summed E-state index contributed by atoms with van der Waals surface area (Å²) >= 11 is 0. The van der Waals surface area contributed by atoms with Gasteiger partial charge in [0.1, 0.15) is 0 Å². The third-order valence-electron chi connectivity index (χ3n) is 3.80. The molecule has 0 aromatic carbocycles. The van der Waals surface area contributed by atoms with Gasteiger partial charge in [-0.05, 0) is 44.9 Å². The van der Waals surface area contributed by atoms with Crippen LogP contribution in [0.3, 0.4) is 0 Å². The molecular formula is C14H23N3. The minimum absolute atomic E-state index is 0.332. The molecule has 0 radical (unpaired) electrons. The number of piperidine rings is 1. The van der Waals surface area contributed by atoms with Crippen LogP contribution in [0.15, 0.2) is 18.3 Å². The lowest BCUT2D eigenvalue weighted by molar-refractivity contribution is 0.108. The summed E-state index contributed by atoms with van der Waals surface area (Å²) in [6.07, 6.45) is 5.91. The van der Waals surface area contributed by atoms with Crippen molar-refractivity contribution in [2.45, 2.75) is 45.2 Å². The van der Waals surface area contributed by atoms with Gasteiger partial charge in [0.25, 0.3) is 0 Å². The predicted octanol–water partition coefficient (Wildman–Crippen LogP) is 2.26. The second-order valence-corrected chi connectivity index (χ2v) is 5.07. The molecule has 3 nitrogen and oxygen atoms in total. The second kappa shape index (κ2) is 5.61. The third-order valence-corrected chi connectivity index (χ3v) is 3.80. The summed E-state index contributed by atoms with van der Waals surface area (Å²) < 4.78 is 0. The lowest BCUT2D eigenvalue weighted by Gasteiger charge is -2.39. The average Bonchev–Trinajstić information content (AvgIpc) is 2.35. The number of aromatic nitrogens is 1. The number of hydrogen-bond acceptors (Lipinski definition) is 3. The summed E-state index contributed by atoms with van der Waals surface area (Å²) in [7, 11) is 0. The molecule has 1 aliphatic rings. The molecular weight excluding hydrogens is 210 g/mol. The zero-order chi connectivity index (χ0) is 12.3. The molecule has 1 saturated heterocycles. The van der Waals surface area contributed by atoms with Gasteiger partial charge in [-0.2, -0.15) is 0 Å². The highest BCUT2D eigenvalue weighted by Crippen LogP contribution is 2.27. The lowest BCUT2D eigenvalue weighted by atomic mass is 9.98. The van der Waals surface area contributed by atoms with E-state index < -0.39 is 0 Å². The van der Waals surface area contributed by atoms with Crippen molar-refractivity contribution in [3.05, 3.63) is 29.6 Å². The topological polar surface area (TPSA) is 42.1 Å². The van der Waals surface area contributed by atoms with Crippen molar-refractivity contribution < 1.29 is 0 Å². The Hall–Kier alpha value is -0.930. The molecule has 1 aromatic rings. The summed E-state index contributed by atoms with van der Waals surface area (Å²) in [4.78, 5) is 6.92. The highest BCUT2D eigenvalue weighted by atomic mass is 15.2. The summed E-state index contributed by atoms with van der Waals surface area (Å²) in [5.74, 6) is 0. The van der Waals surface area contributed by atoms with Gasteiger partial charge in [-0.1, -0.05) is 12.5 Å². The van der Waals surface area contributed by atoms with Crippen LogP contribution in [0.4, 0.5) is 0 Å². The molecule has 1 aliphatic heterocycles. The highest BCUT2D eigenvalue weighted by molar-refractivity contribution is 5.18. The van der Waals surface area contributed by atoms with E-state index in [2.05, 4.69) is 28.9 Å². The minimum atomic E-state index is 0.332. The molecule has 0 aliphatic carbocycles. The van der Waals surface area contributed by atoms with E-state index in [1.165, 1.54) is 24.8 Å². The summed E-state index contributed by atoms with van der Waals surface area (Å²) in [5, 5.41) is 0. The van der Waals surface area contributed by atoms with Crippen molar-refractivity contribution in [3.63, 3.8) is 0 Å². The number of rotatable bonds is 3. The van der Waals surface area contributed by atoms with Crippen LogP contribution in [0.2, 0.25) is 0 Å².